The second-order valence-corrected chi connectivity index (χ2v) is 5.85. The van der Waals surface area contributed by atoms with Crippen LogP contribution in [0.4, 0.5) is 0 Å². The van der Waals surface area contributed by atoms with Crippen molar-refractivity contribution in [1.29, 1.82) is 0 Å². The molecule has 1 fully saturated rings. The fourth-order valence-electron chi connectivity index (χ4n) is 2.26. The third-order valence-electron chi connectivity index (χ3n) is 3.34. The summed E-state index contributed by atoms with van der Waals surface area (Å²) in [5.41, 5.74) is 0.844. The molecular weight excluding hydrogens is 326 g/mol. The van der Waals surface area contributed by atoms with Crippen molar-refractivity contribution in [3.63, 3.8) is 0 Å². The van der Waals surface area contributed by atoms with Crippen molar-refractivity contribution in [2.75, 3.05) is 13.1 Å². The maximum atomic E-state index is 12.6. The topological polar surface area (TPSA) is 79.3 Å². The van der Waals surface area contributed by atoms with Crippen LogP contribution in [0.25, 0.3) is 0 Å². The van der Waals surface area contributed by atoms with Crippen LogP contribution in [0.3, 0.4) is 0 Å². The summed E-state index contributed by atoms with van der Waals surface area (Å²) in [4.78, 5) is 29.5. The number of carbonyl (C=O) groups is 2. The second-order valence-electron chi connectivity index (χ2n) is 4.74. The summed E-state index contributed by atoms with van der Waals surface area (Å²) in [5, 5.41) is 6.80. The van der Waals surface area contributed by atoms with Gasteiger partial charge in [0.1, 0.15) is 10.0 Å². The first-order valence-corrected chi connectivity index (χ1v) is 7.78. The minimum Gasteiger partial charge on any atom is -0.267 e. The number of aromatic nitrogens is 3. The molecule has 2 amide bonds. The lowest BCUT2D eigenvalue weighted by molar-refractivity contribution is 0.0188. The zero-order valence-corrected chi connectivity index (χ0v) is 13.3. The van der Waals surface area contributed by atoms with Crippen LogP contribution >= 0.6 is 23.1 Å². The predicted molar refractivity (Wildman–Crippen MR) is 80.6 cm³/mol. The van der Waals surface area contributed by atoms with Crippen molar-refractivity contribution in [2.45, 2.75) is 13.3 Å². The number of hydrogen-bond acceptors (Lipinski definition) is 6. The van der Waals surface area contributed by atoms with E-state index in [2.05, 4.69) is 14.6 Å². The van der Waals surface area contributed by atoms with Gasteiger partial charge in [-0.1, -0.05) is 16.1 Å². The molecule has 0 radical (unpaired) electrons. The molecule has 0 unspecified atom stereocenters. The Morgan fingerprint density at radius 1 is 1.27 bits per heavy atom. The number of hydrazine groups is 1. The summed E-state index contributed by atoms with van der Waals surface area (Å²) < 4.78 is 3.77. The standard InChI is InChI=1S/C13H12ClN5O2S/c1-8-10(22-17-16-8)13(21)19-7-3-6-18(19)12(20)9-4-2-5-15-11(9)14/h2,4-5H,3,6-7H2,1H3. The highest BCUT2D eigenvalue weighted by molar-refractivity contribution is 7.07. The van der Waals surface area contributed by atoms with E-state index in [1.54, 1.807) is 19.1 Å². The van der Waals surface area contributed by atoms with Gasteiger partial charge in [0.25, 0.3) is 11.8 Å². The minimum absolute atomic E-state index is 0.127. The number of halogens is 1. The Kier molecular flexibility index (Phi) is 4.04. The van der Waals surface area contributed by atoms with Gasteiger partial charge in [0.2, 0.25) is 0 Å². The number of hydrogen-bond donors (Lipinski definition) is 0. The molecule has 0 saturated carbocycles. The van der Waals surface area contributed by atoms with Crippen molar-refractivity contribution in [1.82, 2.24) is 24.6 Å². The van der Waals surface area contributed by atoms with Gasteiger partial charge in [-0.25, -0.2) is 15.0 Å². The molecule has 2 aromatic heterocycles. The van der Waals surface area contributed by atoms with Gasteiger partial charge >= 0.3 is 0 Å². The highest BCUT2D eigenvalue weighted by Crippen LogP contribution is 2.22. The van der Waals surface area contributed by atoms with E-state index in [-0.39, 0.29) is 22.5 Å². The predicted octanol–water partition coefficient (Wildman–Crippen LogP) is 1.80. The molecule has 2 aromatic rings. The van der Waals surface area contributed by atoms with Gasteiger partial charge in [0.15, 0.2) is 0 Å². The first-order chi connectivity index (χ1) is 10.6. The molecule has 1 aliphatic rings. The van der Waals surface area contributed by atoms with Gasteiger partial charge < -0.3 is 0 Å². The zero-order chi connectivity index (χ0) is 15.7. The summed E-state index contributed by atoms with van der Waals surface area (Å²) >= 11 is 7.00. The number of pyridine rings is 1. The molecule has 7 nitrogen and oxygen atoms in total. The highest BCUT2D eigenvalue weighted by atomic mass is 35.5. The smallest absolute Gasteiger partial charge is 0.267 e. The van der Waals surface area contributed by atoms with E-state index in [4.69, 9.17) is 11.6 Å². The fraction of sp³-hybridized carbons (Fsp3) is 0.308. The zero-order valence-electron chi connectivity index (χ0n) is 11.7. The van der Waals surface area contributed by atoms with E-state index in [1.165, 1.54) is 16.2 Å². The number of rotatable bonds is 2. The fourth-order valence-corrected chi connectivity index (χ4v) is 3.07. The monoisotopic (exact) mass is 337 g/mol. The minimum atomic E-state index is -0.334. The van der Waals surface area contributed by atoms with Gasteiger partial charge in [-0.3, -0.25) is 9.59 Å². The summed E-state index contributed by atoms with van der Waals surface area (Å²) in [6.45, 7) is 2.65. The number of nitrogens with zero attached hydrogens (tertiary/aromatic N) is 5. The number of aryl methyl sites for hydroxylation is 1. The molecule has 1 aliphatic heterocycles. The summed E-state index contributed by atoms with van der Waals surface area (Å²) in [6.07, 6.45) is 2.22. The third kappa shape index (κ3) is 2.55. The van der Waals surface area contributed by atoms with Crippen LogP contribution < -0.4 is 0 Å². The van der Waals surface area contributed by atoms with Crippen LogP contribution in [0.2, 0.25) is 5.15 Å². The molecule has 0 aliphatic carbocycles. The normalized spacial score (nSPS) is 14.5. The van der Waals surface area contributed by atoms with Crippen LogP contribution in [0.15, 0.2) is 18.3 Å². The van der Waals surface area contributed by atoms with Crippen molar-refractivity contribution in [3.8, 4) is 0 Å². The maximum absolute atomic E-state index is 12.6. The first kappa shape index (κ1) is 14.9. The van der Waals surface area contributed by atoms with E-state index in [9.17, 15) is 9.59 Å². The number of carbonyl (C=O) groups excluding carboxylic acids is 2. The molecule has 0 bridgehead atoms. The van der Waals surface area contributed by atoms with Crippen LogP contribution in [-0.2, 0) is 0 Å². The van der Waals surface area contributed by atoms with Gasteiger partial charge in [-0.05, 0) is 37.0 Å². The van der Waals surface area contributed by atoms with E-state index < -0.39 is 0 Å². The molecule has 3 heterocycles. The Bertz CT molecular complexity index is 735. The summed E-state index contributed by atoms with van der Waals surface area (Å²) in [6, 6.07) is 3.23. The average molecular weight is 338 g/mol. The van der Waals surface area contributed by atoms with Crippen LogP contribution in [0.5, 0.6) is 0 Å². The molecule has 0 spiro atoms. The summed E-state index contributed by atoms with van der Waals surface area (Å²) in [5.74, 6) is -0.600. The molecule has 0 N–H and O–H groups in total. The Hall–Kier alpha value is -2.06. The molecule has 1 saturated heterocycles. The SMILES string of the molecule is Cc1nnsc1C(=O)N1CCCN1C(=O)c1cccnc1Cl. The molecular formula is C13H12ClN5O2S. The Labute approximate surface area is 135 Å². The van der Waals surface area contributed by atoms with Gasteiger partial charge in [-0.15, -0.1) is 5.10 Å². The Balaban J connectivity index is 1.88. The molecule has 22 heavy (non-hydrogen) atoms. The van der Waals surface area contributed by atoms with Crippen LogP contribution in [-0.4, -0.2) is 49.5 Å². The lowest BCUT2D eigenvalue weighted by atomic mass is 10.2. The van der Waals surface area contributed by atoms with Crippen LogP contribution in [0, 0.1) is 6.92 Å². The van der Waals surface area contributed by atoms with Crippen LogP contribution in [0.1, 0.15) is 32.1 Å². The summed E-state index contributed by atoms with van der Waals surface area (Å²) in [7, 11) is 0. The number of amides is 2. The average Bonchev–Trinajstić information content (AvgIpc) is 3.15. The van der Waals surface area contributed by atoms with E-state index >= 15 is 0 Å². The second kappa shape index (κ2) is 5.98. The van der Waals surface area contributed by atoms with Crippen molar-refractivity contribution >= 4 is 34.9 Å². The largest absolute Gasteiger partial charge is 0.286 e. The van der Waals surface area contributed by atoms with Gasteiger partial charge in [0, 0.05) is 19.3 Å². The Morgan fingerprint density at radius 3 is 2.64 bits per heavy atom. The lowest BCUT2D eigenvalue weighted by Crippen LogP contribution is -2.45. The van der Waals surface area contributed by atoms with Crippen molar-refractivity contribution in [3.05, 3.63) is 39.6 Å². The van der Waals surface area contributed by atoms with Crippen molar-refractivity contribution < 1.29 is 9.59 Å². The maximum Gasteiger partial charge on any atom is 0.286 e. The third-order valence-corrected chi connectivity index (χ3v) is 4.45. The van der Waals surface area contributed by atoms with E-state index in [0.29, 0.717) is 30.1 Å². The molecule has 0 aromatic carbocycles. The highest BCUT2D eigenvalue weighted by Gasteiger charge is 2.34. The molecule has 3 rings (SSSR count). The Morgan fingerprint density at radius 2 is 2.00 bits per heavy atom. The van der Waals surface area contributed by atoms with E-state index in [1.807, 2.05) is 0 Å². The van der Waals surface area contributed by atoms with E-state index in [0.717, 1.165) is 11.5 Å². The quantitative estimate of drug-likeness (QED) is 0.781. The molecule has 114 valence electrons. The van der Waals surface area contributed by atoms with Gasteiger partial charge in [0.05, 0.1) is 11.3 Å². The molecule has 0 atom stereocenters. The first-order valence-electron chi connectivity index (χ1n) is 6.62. The van der Waals surface area contributed by atoms with Gasteiger partial charge in [-0.2, -0.15) is 0 Å². The lowest BCUT2D eigenvalue weighted by Gasteiger charge is -2.27. The molecule has 9 heteroatoms. The van der Waals surface area contributed by atoms with Crippen molar-refractivity contribution in [2.24, 2.45) is 0 Å².